The van der Waals surface area contributed by atoms with Crippen molar-refractivity contribution in [1.82, 2.24) is 4.90 Å². The molecule has 4 nitrogen and oxygen atoms in total. The molecule has 4 rings (SSSR count). The Labute approximate surface area is 128 Å². The molecule has 0 radical (unpaired) electrons. The minimum atomic E-state index is -0.241. The number of imide groups is 1. The van der Waals surface area contributed by atoms with Gasteiger partial charge in [-0.05, 0) is 17.7 Å². The van der Waals surface area contributed by atoms with Crippen LogP contribution in [0.5, 0.6) is 0 Å². The molecule has 0 N–H and O–H groups in total. The predicted molar refractivity (Wildman–Crippen MR) is 80.7 cm³/mol. The molecule has 0 saturated carbocycles. The first-order valence-corrected chi connectivity index (χ1v) is 7.37. The summed E-state index contributed by atoms with van der Waals surface area (Å²) in [4.78, 5) is 26.6. The molecule has 4 heteroatoms. The highest BCUT2D eigenvalue weighted by molar-refractivity contribution is 6.21. The quantitative estimate of drug-likeness (QED) is 0.799. The first kappa shape index (κ1) is 13.2. The van der Waals surface area contributed by atoms with Gasteiger partial charge >= 0.3 is 0 Å². The number of nitrogens with zero attached hydrogens (tertiary/aromatic N) is 1. The summed E-state index contributed by atoms with van der Waals surface area (Å²) in [6.45, 7) is 0.924. The highest BCUT2D eigenvalue weighted by atomic mass is 16.5. The zero-order valence-corrected chi connectivity index (χ0v) is 11.9. The van der Waals surface area contributed by atoms with Crippen LogP contribution in [-0.4, -0.2) is 36.0 Å². The van der Waals surface area contributed by atoms with Gasteiger partial charge in [0.1, 0.15) is 0 Å². The number of benzene rings is 2. The van der Waals surface area contributed by atoms with Crippen molar-refractivity contribution in [1.29, 1.82) is 0 Å². The maximum absolute atomic E-state index is 12.6. The summed E-state index contributed by atoms with van der Waals surface area (Å²) in [6, 6.07) is 16.7. The molecule has 2 amide bonds. The lowest BCUT2D eigenvalue weighted by molar-refractivity contribution is 0.0558. The molecule has 2 aromatic carbocycles. The molecule has 1 saturated heterocycles. The lowest BCUT2D eigenvalue weighted by Crippen LogP contribution is -2.43. The highest BCUT2D eigenvalue weighted by Crippen LogP contribution is 2.34. The molecule has 0 aliphatic carbocycles. The number of carbonyl (C=O) groups excluding carboxylic acids is 2. The molecule has 2 aliphatic rings. The number of fused-ring (bicyclic) bond motifs is 1. The maximum Gasteiger partial charge on any atom is 0.261 e. The summed E-state index contributed by atoms with van der Waals surface area (Å²) < 4.78 is 5.59. The summed E-state index contributed by atoms with van der Waals surface area (Å²) in [7, 11) is 0. The highest BCUT2D eigenvalue weighted by Gasteiger charge is 2.45. The van der Waals surface area contributed by atoms with Crippen LogP contribution in [0.3, 0.4) is 0 Å². The zero-order chi connectivity index (χ0) is 15.1. The summed E-state index contributed by atoms with van der Waals surface area (Å²) in [5.41, 5.74) is 2.08. The van der Waals surface area contributed by atoms with Crippen LogP contribution in [0.4, 0.5) is 0 Å². The van der Waals surface area contributed by atoms with E-state index in [4.69, 9.17) is 4.74 Å². The van der Waals surface area contributed by atoms with Gasteiger partial charge in [-0.1, -0.05) is 42.5 Å². The normalized spacial score (nSPS) is 23.9. The Morgan fingerprint density at radius 3 is 2.05 bits per heavy atom. The van der Waals surface area contributed by atoms with E-state index in [9.17, 15) is 9.59 Å². The zero-order valence-electron chi connectivity index (χ0n) is 11.9. The van der Waals surface area contributed by atoms with Gasteiger partial charge in [0, 0.05) is 5.92 Å². The van der Waals surface area contributed by atoms with E-state index in [-0.39, 0.29) is 23.8 Å². The van der Waals surface area contributed by atoms with Gasteiger partial charge in [0.2, 0.25) is 0 Å². The van der Waals surface area contributed by atoms with Crippen molar-refractivity contribution in [2.75, 3.05) is 13.2 Å². The molecular weight excluding hydrogens is 278 g/mol. The van der Waals surface area contributed by atoms with E-state index in [1.54, 1.807) is 24.3 Å². The SMILES string of the molecule is O=C1c2ccccc2C(=O)N1C1COCC1c1ccccc1. The summed E-state index contributed by atoms with van der Waals surface area (Å²) >= 11 is 0. The molecule has 1 fully saturated rings. The average Bonchev–Trinajstić information content (AvgIpc) is 3.13. The monoisotopic (exact) mass is 293 g/mol. The number of amides is 2. The van der Waals surface area contributed by atoms with Crippen molar-refractivity contribution < 1.29 is 14.3 Å². The molecule has 2 atom stereocenters. The van der Waals surface area contributed by atoms with Gasteiger partial charge in [0.25, 0.3) is 11.8 Å². The molecule has 2 heterocycles. The van der Waals surface area contributed by atoms with Crippen LogP contribution >= 0.6 is 0 Å². The van der Waals surface area contributed by atoms with Gasteiger partial charge in [0.05, 0.1) is 30.4 Å². The van der Waals surface area contributed by atoms with Crippen molar-refractivity contribution in [2.45, 2.75) is 12.0 Å². The average molecular weight is 293 g/mol. The van der Waals surface area contributed by atoms with E-state index in [0.717, 1.165) is 5.56 Å². The van der Waals surface area contributed by atoms with Crippen LogP contribution < -0.4 is 0 Å². The predicted octanol–water partition coefficient (Wildman–Crippen LogP) is 2.47. The molecular formula is C18H15NO3. The number of ether oxygens (including phenoxy) is 1. The number of hydrogen-bond acceptors (Lipinski definition) is 3. The van der Waals surface area contributed by atoms with Crippen LogP contribution in [0.25, 0.3) is 0 Å². The minimum Gasteiger partial charge on any atom is -0.379 e. The van der Waals surface area contributed by atoms with Crippen molar-refractivity contribution >= 4 is 11.8 Å². The standard InChI is InChI=1S/C18H15NO3/c20-17-13-8-4-5-9-14(13)18(21)19(17)16-11-22-10-15(16)12-6-2-1-3-7-12/h1-9,15-16H,10-11H2. The third kappa shape index (κ3) is 1.88. The van der Waals surface area contributed by atoms with Crippen LogP contribution in [0.15, 0.2) is 54.6 Å². The van der Waals surface area contributed by atoms with E-state index in [0.29, 0.717) is 24.3 Å². The molecule has 2 unspecified atom stereocenters. The third-order valence-corrected chi connectivity index (χ3v) is 4.44. The lowest BCUT2D eigenvalue weighted by Gasteiger charge is -2.26. The van der Waals surface area contributed by atoms with Crippen molar-refractivity contribution in [2.24, 2.45) is 0 Å². The van der Waals surface area contributed by atoms with Crippen LogP contribution in [0, 0.1) is 0 Å². The first-order chi connectivity index (χ1) is 10.8. The number of hydrogen-bond donors (Lipinski definition) is 0. The third-order valence-electron chi connectivity index (χ3n) is 4.44. The van der Waals surface area contributed by atoms with E-state index >= 15 is 0 Å². The van der Waals surface area contributed by atoms with Gasteiger partial charge in [0.15, 0.2) is 0 Å². The van der Waals surface area contributed by atoms with Crippen LogP contribution in [-0.2, 0) is 4.74 Å². The van der Waals surface area contributed by atoms with Crippen LogP contribution in [0.1, 0.15) is 32.2 Å². The topological polar surface area (TPSA) is 46.6 Å². The molecule has 0 bridgehead atoms. The smallest absolute Gasteiger partial charge is 0.261 e. The molecule has 0 aromatic heterocycles. The molecule has 22 heavy (non-hydrogen) atoms. The Morgan fingerprint density at radius 2 is 1.41 bits per heavy atom. The van der Waals surface area contributed by atoms with Crippen LogP contribution in [0.2, 0.25) is 0 Å². The van der Waals surface area contributed by atoms with Gasteiger partial charge < -0.3 is 4.74 Å². The van der Waals surface area contributed by atoms with E-state index in [1.165, 1.54) is 4.90 Å². The Hall–Kier alpha value is -2.46. The molecule has 0 spiro atoms. The minimum absolute atomic E-state index is 0.0309. The second kappa shape index (κ2) is 5.07. The Kier molecular flexibility index (Phi) is 3.05. The van der Waals surface area contributed by atoms with Crippen molar-refractivity contribution in [3.05, 3.63) is 71.3 Å². The van der Waals surface area contributed by atoms with Gasteiger partial charge in [-0.3, -0.25) is 14.5 Å². The first-order valence-electron chi connectivity index (χ1n) is 7.37. The van der Waals surface area contributed by atoms with Gasteiger partial charge in [-0.25, -0.2) is 0 Å². The lowest BCUT2D eigenvalue weighted by atomic mass is 9.93. The summed E-state index contributed by atoms with van der Waals surface area (Å²) in [6.07, 6.45) is 0. The fourth-order valence-corrected chi connectivity index (χ4v) is 3.33. The number of rotatable bonds is 2. The van der Waals surface area contributed by atoms with E-state index < -0.39 is 0 Å². The summed E-state index contributed by atoms with van der Waals surface area (Å²) in [5.74, 6) is -0.391. The van der Waals surface area contributed by atoms with Gasteiger partial charge in [-0.15, -0.1) is 0 Å². The summed E-state index contributed by atoms with van der Waals surface area (Å²) in [5, 5.41) is 0. The van der Waals surface area contributed by atoms with Gasteiger partial charge in [-0.2, -0.15) is 0 Å². The Morgan fingerprint density at radius 1 is 0.818 bits per heavy atom. The van der Waals surface area contributed by atoms with Crippen molar-refractivity contribution in [3.63, 3.8) is 0 Å². The second-order valence-corrected chi connectivity index (χ2v) is 5.65. The molecule has 2 aromatic rings. The molecule has 110 valence electrons. The fraction of sp³-hybridized carbons (Fsp3) is 0.222. The van der Waals surface area contributed by atoms with E-state index in [2.05, 4.69) is 0 Å². The fourth-order valence-electron chi connectivity index (χ4n) is 3.33. The Balaban J connectivity index is 1.71. The second-order valence-electron chi connectivity index (χ2n) is 5.65. The maximum atomic E-state index is 12.6. The molecule has 2 aliphatic heterocycles. The number of carbonyl (C=O) groups is 2. The van der Waals surface area contributed by atoms with Crippen molar-refractivity contribution in [3.8, 4) is 0 Å². The Bertz CT molecular complexity index is 706. The largest absolute Gasteiger partial charge is 0.379 e. The van der Waals surface area contributed by atoms with E-state index in [1.807, 2.05) is 30.3 Å².